The predicted octanol–water partition coefficient (Wildman–Crippen LogP) is 2.44. The largest absolute Gasteiger partial charge is 0.339 e. The summed E-state index contributed by atoms with van der Waals surface area (Å²) < 4.78 is 0. The van der Waals surface area contributed by atoms with Gasteiger partial charge in [0.25, 0.3) is 0 Å². The van der Waals surface area contributed by atoms with Gasteiger partial charge < -0.3 is 10.2 Å². The molecule has 18 heavy (non-hydrogen) atoms. The number of amides is 1. The zero-order valence-corrected chi connectivity index (χ0v) is 12.5. The zero-order chi connectivity index (χ0) is 12.3. The minimum absolute atomic E-state index is 0. The Balaban J connectivity index is 0.00000162. The Morgan fingerprint density at radius 1 is 1.28 bits per heavy atom. The lowest BCUT2D eigenvalue weighted by Crippen LogP contribution is -2.40. The lowest BCUT2D eigenvalue weighted by Gasteiger charge is -2.30. The number of rotatable bonds is 3. The molecule has 0 spiro atoms. The van der Waals surface area contributed by atoms with Crippen molar-refractivity contribution in [3.05, 3.63) is 0 Å². The number of carbonyl (C=O) groups is 1. The fourth-order valence-corrected chi connectivity index (χ4v) is 3.25. The van der Waals surface area contributed by atoms with E-state index < -0.39 is 0 Å². The summed E-state index contributed by atoms with van der Waals surface area (Å²) in [5, 5.41) is 3.36. The van der Waals surface area contributed by atoms with Crippen LogP contribution in [0.1, 0.15) is 46.0 Å². The maximum atomic E-state index is 12.3. The van der Waals surface area contributed by atoms with Gasteiger partial charge in [0.05, 0.1) is 0 Å². The molecule has 0 aromatic rings. The molecule has 106 valence electrons. The van der Waals surface area contributed by atoms with Gasteiger partial charge in [-0.25, -0.2) is 0 Å². The minimum atomic E-state index is 0. The fraction of sp³-hybridized carbons (Fsp3) is 0.929. The molecule has 1 unspecified atom stereocenters. The van der Waals surface area contributed by atoms with Gasteiger partial charge >= 0.3 is 0 Å². The molecule has 2 rings (SSSR count). The second-order valence-corrected chi connectivity index (χ2v) is 5.94. The Labute approximate surface area is 117 Å². The van der Waals surface area contributed by atoms with Crippen LogP contribution in [0.2, 0.25) is 0 Å². The van der Waals surface area contributed by atoms with Crippen molar-refractivity contribution >= 4 is 18.3 Å². The van der Waals surface area contributed by atoms with Crippen LogP contribution in [-0.4, -0.2) is 36.5 Å². The first-order valence-corrected chi connectivity index (χ1v) is 7.18. The van der Waals surface area contributed by atoms with Crippen molar-refractivity contribution in [1.29, 1.82) is 0 Å². The standard InChI is InChI=1S/C14H26N2O.ClH/c1-11(2)13-4-3-9-16(13)14(17)10-12-5-7-15-8-6-12;/h11-13,15H,3-10H2,1-2H3;1H. The number of likely N-dealkylation sites (tertiary alicyclic amines) is 1. The molecule has 0 saturated carbocycles. The number of nitrogens with zero attached hydrogens (tertiary/aromatic N) is 1. The quantitative estimate of drug-likeness (QED) is 0.857. The minimum Gasteiger partial charge on any atom is -0.339 e. The molecule has 0 aromatic carbocycles. The Kier molecular flexibility index (Phi) is 6.44. The smallest absolute Gasteiger partial charge is 0.223 e. The van der Waals surface area contributed by atoms with E-state index >= 15 is 0 Å². The summed E-state index contributed by atoms with van der Waals surface area (Å²) in [6.07, 6.45) is 5.53. The third-order valence-electron chi connectivity index (χ3n) is 4.31. The Morgan fingerprint density at radius 3 is 2.56 bits per heavy atom. The Bertz CT molecular complexity index is 265. The van der Waals surface area contributed by atoms with Crippen molar-refractivity contribution in [3.63, 3.8) is 0 Å². The first-order chi connectivity index (χ1) is 8.18. The van der Waals surface area contributed by atoms with Crippen LogP contribution in [0, 0.1) is 11.8 Å². The second-order valence-electron chi connectivity index (χ2n) is 5.94. The van der Waals surface area contributed by atoms with Crippen LogP contribution in [0.4, 0.5) is 0 Å². The summed E-state index contributed by atoms with van der Waals surface area (Å²) in [6.45, 7) is 7.64. The average molecular weight is 275 g/mol. The number of hydrogen-bond acceptors (Lipinski definition) is 2. The average Bonchev–Trinajstić information content (AvgIpc) is 2.79. The number of nitrogens with one attached hydrogen (secondary N) is 1. The molecule has 2 aliphatic heterocycles. The van der Waals surface area contributed by atoms with Crippen LogP contribution in [0.25, 0.3) is 0 Å². The monoisotopic (exact) mass is 274 g/mol. The Hall–Kier alpha value is -0.280. The van der Waals surface area contributed by atoms with E-state index in [1.54, 1.807) is 0 Å². The van der Waals surface area contributed by atoms with E-state index in [1.807, 2.05) is 0 Å². The first kappa shape index (κ1) is 15.8. The van der Waals surface area contributed by atoms with E-state index in [-0.39, 0.29) is 12.4 Å². The van der Waals surface area contributed by atoms with E-state index in [0.29, 0.717) is 23.8 Å². The van der Waals surface area contributed by atoms with Crippen molar-refractivity contribution in [2.45, 2.75) is 52.0 Å². The Morgan fingerprint density at radius 2 is 1.94 bits per heavy atom. The zero-order valence-electron chi connectivity index (χ0n) is 11.7. The highest BCUT2D eigenvalue weighted by molar-refractivity contribution is 5.85. The van der Waals surface area contributed by atoms with Gasteiger partial charge in [0.15, 0.2) is 0 Å². The summed E-state index contributed by atoms with van der Waals surface area (Å²) in [6, 6.07) is 0.504. The molecule has 0 bridgehead atoms. The number of piperidine rings is 1. The van der Waals surface area contributed by atoms with Gasteiger partial charge in [-0.2, -0.15) is 0 Å². The molecule has 3 nitrogen and oxygen atoms in total. The predicted molar refractivity (Wildman–Crippen MR) is 77.0 cm³/mol. The molecule has 2 aliphatic rings. The third-order valence-corrected chi connectivity index (χ3v) is 4.31. The van der Waals surface area contributed by atoms with Crippen LogP contribution in [0.15, 0.2) is 0 Å². The third kappa shape index (κ3) is 3.86. The molecule has 0 radical (unpaired) electrons. The van der Waals surface area contributed by atoms with E-state index in [9.17, 15) is 4.79 Å². The summed E-state index contributed by atoms with van der Waals surface area (Å²) in [7, 11) is 0. The van der Waals surface area contributed by atoms with E-state index in [1.165, 1.54) is 25.7 Å². The summed E-state index contributed by atoms with van der Waals surface area (Å²) in [5.41, 5.74) is 0. The van der Waals surface area contributed by atoms with Gasteiger partial charge in [-0.1, -0.05) is 13.8 Å². The fourth-order valence-electron chi connectivity index (χ4n) is 3.25. The molecule has 2 fully saturated rings. The highest BCUT2D eigenvalue weighted by Crippen LogP contribution is 2.26. The lowest BCUT2D eigenvalue weighted by atomic mass is 9.93. The number of hydrogen-bond donors (Lipinski definition) is 1. The second kappa shape index (κ2) is 7.34. The van der Waals surface area contributed by atoms with Gasteiger partial charge in [0.1, 0.15) is 0 Å². The van der Waals surface area contributed by atoms with Crippen molar-refractivity contribution < 1.29 is 4.79 Å². The van der Waals surface area contributed by atoms with Crippen LogP contribution in [-0.2, 0) is 4.79 Å². The molecule has 4 heteroatoms. The molecule has 1 N–H and O–H groups in total. The van der Waals surface area contributed by atoms with Crippen molar-refractivity contribution in [2.24, 2.45) is 11.8 Å². The van der Waals surface area contributed by atoms with Crippen molar-refractivity contribution in [1.82, 2.24) is 10.2 Å². The van der Waals surface area contributed by atoms with Crippen LogP contribution in [0.5, 0.6) is 0 Å². The van der Waals surface area contributed by atoms with E-state index in [0.717, 1.165) is 26.1 Å². The van der Waals surface area contributed by atoms with Gasteiger partial charge in [0, 0.05) is 19.0 Å². The van der Waals surface area contributed by atoms with E-state index in [4.69, 9.17) is 0 Å². The van der Waals surface area contributed by atoms with Crippen LogP contribution < -0.4 is 5.32 Å². The summed E-state index contributed by atoms with van der Waals surface area (Å²) in [4.78, 5) is 14.5. The first-order valence-electron chi connectivity index (χ1n) is 7.18. The number of halogens is 1. The van der Waals surface area contributed by atoms with Gasteiger partial charge in [-0.05, 0) is 50.6 Å². The molecule has 1 amide bonds. The van der Waals surface area contributed by atoms with Crippen LogP contribution >= 0.6 is 12.4 Å². The highest BCUT2D eigenvalue weighted by atomic mass is 35.5. The van der Waals surface area contributed by atoms with Gasteiger partial charge in [-0.15, -0.1) is 12.4 Å². The summed E-state index contributed by atoms with van der Waals surface area (Å²) >= 11 is 0. The van der Waals surface area contributed by atoms with Crippen molar-refractivity contribution in [2.75, 3.05) is 19.6 Å². The lowest BCUT2D eigenvalue weighted by molar-refractivity contribution is -0.134. The van der Waals surface area contributed by atoms with Crippen LogP contribution in [0.3, 0.4) is 0 Å². The SMILES string of the molecule is CC(C)C1CCCN1C(=O)CC1CCNCC1.Cl. The normalized spacial score (nSPS) is 25.3. The molecule has 0 aliphatic carbocycles. The van der Waals surface area contributed by atoms with Gasteiger partial charge in [0.2, 0.25) is 5.91 Å². The van der Waals surface area contributed by atoms with Crippen molar-refractivity contribution in [3.8, 4) is 0 Å². The summed E-state index contributed by atoms with van der Waals surface area (Å²) in [5.74, 6) is 1.64. The molecular weight excluding hydrogens is 248 g/mol. The molecule has 2 heterocycles. The molecule has 1 atom stereocenters. The maximum absolute atomic E-state index is 12.3. The highest BCUT2D eigenvalue weighted by Gasteiger charge is 2.31. The topological polar surface area (TPSA) is 32.3 Å². The molecular formula is C14H27ClN2O. The molecule has 2 saturated heterocycles. The molecule has 0 aromatic heterocycles. The number of carbonyl (C=O) groups excluding carboxylic acids is 1. The maximum Gasteiger partial charge on any atom is 0.223 e. The van der Waals surface area contributed by atoms with Gasteiger partial charge in [-0.3, -0.25) is 4.79 Å². The van der Waals surface area contributed by atoms with E-state index in [2.05, 4.69) is 24.1 Å².